The Morgan fingerprint density at radius 3 is 0.833 bits per heavy atom. The van der Waals surface area contributed by atoms with E-state index in [1.807, 2.05) is 60.7 Å². The summed E-state index contributed by atoms with van der Waals surface area (Å²) in [6, 6.07) is 42.4. The second-order valence-corrected chi connectivity index (χ2v) is 28.1. The van der Waals surface area contributed by atoms with Gasteiger partial charge in [0.25, 0.3) is 0 Å². The molecule has 0 atom stereocenters. The molecule has 0 amide bonds. The normalized spacial score (nSPS) is 11.6. The van der Waals surface area contributed by atoms with Gasteiger partial charge >= 0.3 is 20.4 Å². The van der Waals surface area contributed by atoms with Crippen molar-refractivity contribution in [3.05, 3.63) is 161 Å². The van der Waals surface area contributed by atoms with Crippen molar-refractivity contribution in [3.63, 3.8) is 0 Å². The fourth-order valence-corrected chi connectivity index (χ4v) is 13.5. The van der Waals surface area contributed by atoms with Crippen LogP contribution in [0.25, 0.3) is 16.9 Å². The van der Waals surface area contributed by atoms with E-state index in [9.17, 15) is 5.53 Å². The van der Waals surface area contributed by atoms with Crippen LogP contribution in [0.4, 0.5) is 0 Å². The standard InChI is InChI=1S/C81H134N2.2C6H5.Pd/c1-4-7-10-12-14-16-18-20-22-24-26-28-30-32-34-36-38-40-42-44-46-48-50-52-54-56-58-61-67-75-69-63-65-72-78(75)80-74-77(71-60-9-6-3)81(83(80)82)79-73-66-64-70-76(79)68-62-59-57-55-53-51-49-47-45-43-41-39-37-35-33-31-29-27-25-23-21-19-17-15-13-11-8-5-2;2*1-2-4-6-5-3-1;/h63-66,69-70,72-74H,4-55,60-62,67-68,71H2,1-3H3;2*1-5H;/q;2*-1;+2. The zero-order valence-corrected chi connectivity index (χ0v) is 64.2. The van der Waals surface area contributed by atoms with E-state index in [0.717, 1.165) is 73.9 Å². The molecule has 536 valence electrons. The van der Waals surface area contributed by atoms with E-state index < -0.39 is 0 Å². The Bertz CT molecular complexity index is 2430. The third-order valence-electron chi connectivity index (χ3n) is 19.5. The van der Waals surface area contributed by atoms with E-state index in [1.54, 1.807) is 0 Å². The van der Waals surface area contributed by atoms with Crippen LogP contribution in [0.5, 0.6) is 0 Å². The molecule has 4 aromatic rings. The Hall–Kier alpha value is -4.26. The SMILES string of the molecule is CCCCCCCCCCCCCCCCCCCCCCCCCCC#CCCc1ccccc1C1=CC(CCCCC)=C(c2ccccc2CCC#CCCCCCCCCCCCCCCCCCCCCCCCCCC)[N+]1=[N-].[Pd+2].[c-]1ccccc1.[c-]1ccccc1. The van der Waals surface area contributed by atoms with Crippen molar-refractivity contribution in [2.24, 2.45) is 0 Å². The van der Waals surface area contributed by atoms with Gasteiger partial charge in [-0.1, -0.05) is 365 Å². The minimum Gasteiger partial charge on any atom is -0.493 e. The molecule has 5 rings (SSSR count). The fourth-order valence-electron chi connectivity index (χ4n) is 13.5. The van der Waals surface area contributed by atoms with Crippen LogP contribution in [0.15, 0.2) is 121 Å². The van der Waals surface area contributed by atoms with Crippen LogP contribution in [0.1, 0.15) is 403 Å². The molecule has 4 aromatic carbocycles. The van der Waals surface area contributed by atoms with Crippen LogP contribution in [0.3, 0.4) is 0 Å². The van der Waals surface area contributed by atoms with E-state index in [4.69, 9.17) is 0 Å². The van der Waals surface area contributed by atoms with Crippen molar-refractivity contribution in [3.8, 4) is 23.7 Å². The summed E-state index contributed by atoms with van der Waals surface area (Å²) in [6.45, 7) is 6.89. The van der Waals surface area contributed by atoms with E-state index in [0.29, 0.717) is 0 Å². The summed E-state index contributed by atoms with van der Waals surface area (Å²) in [6.07, 6.45) is 80.8. The molecule has 0 bridgehead atoms. The molecular formula is C93H144N2Pd. The molecule has 0 fully saturated rings. The molecule has 1 aliphatic rings. The largest absolute Gasteiger partial charge is 2.00 e. The second-order valence-electron chi connectivity index (χ2n) is 28.1. The maximum Gasteiger partial charge on any atom is 2.00 e. The fraction of sp³-hybridized carbons (Fsp3) is 0.656. The van der Waals surface area contributed by atoms with Crippen LogP contribution in [-0.4, -0.2) is 4.70 Å². The Kier molecular flexibility index (Phi) is 63.3. The average molecular weight is 1400 g/mol. The smallest absolute Gasteiger partial charge is 0.493 e. The third-order valence-corrected chi connectivity index (χ3v) is 19.5. The van der Waals surface area contributed by atoms with Gasteiger partial charge in [-0.05, 0) is 61.8 Å². The first-order valence-electron chi connectivity index (χ1n) is 41.0. The van der Waals surface area contributed by atoms with Crippen molar-refractivity contribution in [2.75, 3.05) is 0 Å². The predicted octanol–water partition coefficient (Wildman–Crippen LogP) is 30.5. The number of aryl methyl sites for hydroxylation is 2. The van der Waals surface area contributed by atoms with Crippen molar-refractivity contribution in [1.82, 2.24) is 0 Å². The molecule has 96 heavy (non-hydrogen) atoms. The van der Waals surface area contributed by atoms with Gasteiger partial charge in [0.2, 0.25) is 11.4 Å². The Morgan fingerprint density at radius 1 is 0.281 bits per heavy atom. The van der Waals surface area contributed by atoms with E-state index in [2.05, 4.69) is 111 Å². The molecule has 0 radical (unpaired) electrons. The quantitative estimate of drug-likeness (QED) is 0.0138. The van der Waals surface area contributed by atoms with E-state index >= 15 is 0 Å². The molecule has 0 N–H and O–H groups in total. The van der Waals surface area contributed by atoms with Crippen LogP contribution in [-0.2, 0) is 33.3 Å². The van der Waals surface area contributed by atoms with Gasteiger partial charge < -0.3 is 5.53 Å². The number of nitrogens with zero attached hydrogens (tertiary/aromatic N) is 2. The number of allylic oxidation sites excluding steroid dienone is 2. The molecule has 1 heterocycles. The van der Waals surface area contributed by atoms with Gasteiger partial charge in [0.15, 0.2) is 0 Å². The van der Waals surface area contributed by atoms with Crippen molar-refractivity contribution >= 4 is 11.4 Å². The number of rotatable bonds is 58. The van der Waals surface area contributed by atoms with Gasteiger partial charge in [-0.25, -0.2) is 4.70 Å². The molecule has 0 aliphatic carbocycles. The Balaban J connectivity index is 0.00000216. The molecule has 0 saturated heterocycles. The van der Waals surface area contributed by atoms with Crippen LogP contribution >= 0.6 is 0 Å². The molecule has 3 heteroatoms. The molecule has 0 spiro atoms. The molecule has 0 unspecified atom stereocenters. The maximum absolute atomic E-state index is 12.1. The molecule has 2 nitrogen and oxygen atoms in total. The first-order valence-corrected chi connectivity index (χ1v) is 41.0. The van der Waals surface area contributed by atoms with Crippen LogP contribution in [0.2, 0.25) is 0 Å². The third kappa shape index (κ3) is 50.1. The van der Waals surface area contributed by atoms with Gasteiger partial charge in [0.1, 0.15) is 0 Å². The summed E-state index contributed by atoms with van der Waals surface area (Å²) in [4.78, 5) is 0. The molecular weight excluding hydrogens is 1250 g/mol. The maximum atomic E-state index is 12.1. The number of hydrogen-bond acceptors (Lipinski definition) is 0. The minimum atomic E-state index is 0. The summed E-state index contributed by atoms with van der Waals surface area (Å²) < 4.78 is 1.51. The van der Waals surface area contributed by atoms with Gasteiger partial charge in [0, 0.05) is 48.5 Å². The number of benzene rings is 4. The van der Waals surface area contributed by atoms with Gasteiger partial charge in [0.05, 0.1) is 0 Å². The number of hydrogen-bond donors (Lipinski definition) is 0. The molecule has 0 aromatic heterocycles. The molecule has 1 aliphatic heterocycles. The average Bonchev–Trinajstić information content (AvgIpc) is 1.62. The topological polar surface area (TPSA) is 25.3 Å². The summed E-state index contributed by atoms with van der Waals surface area (Å²) in [5, 5.41) is 0. The van der Waals surface area contributed by atoms with Crippen molar-refractivity contribution in [2.45, 2.75) is 393 Å². The second kappa shape index (κ2) is 69.2. The van der Waals surface area contributed by atoms with Crippen molar-refractivity contribution < 1.29 is 25.1 Å². The first-order chi connectivity index (χ1) is 47.2. The minimum absolute atomic E-state index is 0. The zero-order valence-electron chi connectivity index (χ0n) is 62.7. The summed E-state index contributed by atoms with van der Waals surface area (Å²) in [5.74, 6) is 14.1. The van der Waals surface area contributed by atoms with Crippen molar-refractivity contribution in [1.29, 1.82) is 0 Å². The molecule has 0 saturated carbocycles. The van der Waals surface area contributed by atoms with Crippen LogP contribution in [0, 0.1) is 35.8 Å². The predicted molar refractivity (Wildman–Crippen MR) is 420 cm³/mol. The Labute approximate surface area is 610 Å². The number of unbranched alkanes of at least 4 members (excludes halogenated alkanes) is 50. The Morgan fingerprint density at radius 2 is 0.542 bits per heavy atom. The van der Waals surface area contributed by atoms with Gasteiger partial charge in [-0.3, -0.25) is 0 Å². The summed E-state index contributed by atoms with van der Waals surface area (Å²) >= 11 is 0. The van der Waals surface area contributed by atoms with Crippen LogP contribution < -0.4 is 0 Å². The summed E-state index contributed by atoms with van der Waals surface area (Å²) in [5.41, 5.74) is 20.0. The van der Waals surface area contributed by atoms with E-state index in [-0.39, 0.29) is 20.4 Å². The van der Waals surface area contributed by atoms with Gasteiger partial charge in [-0.2, -0.15) is 72.8 Å². The summed E-state index contributed by atoms with van der Waals surface area (Å²) in [7, 11) is 0. The monoisotopic (exact) mass is 1400 g/mol. The zero-order chi connectivity index (χ0) is 67.3. The first kappa shape index (κ1) is 87.8. The van der Waals surface area contributed by atoms with E-state index in [1.165, 1.54) is 342 Å². The van der Waals surface area contributed by atoms with Gasteiger partial charge in [-0.15, -0.1) is 23.7 Å².